The minimum Gasteiger partial charge on any atom is -0.207 e. The second-order valence-corrected chi connectivity index (χ2v) is 7.75. The number of nitrogens with one attached hydrogen (secondary N) is 1. The smallest absolute Gasteiger partial charge is 0.207 e. The number of nitriles is 1. The summed E-state index contributed by atoms with van der Waals surface area (Å²) in [6.45, 7) is 0. The Bertz CT molecular complexity index is 1010. The van der Waals surface area contributed by atoms with Gasteiger partial charge in [-0.05, 0) is 29.3 Å². The lowest BCUT2D eigenvalue weighted by Crippen LogP contribution is -2.29. The quantitative estimate of drug-likeness (QED) is 0.716. The summed E-state index contributed by atoms with van der Waals surface area (Å²) in [7, 11) is -3.85. The summed E-state index contributed by atoms with van der Waals surface area (Å²) in [6.07, 6.45) is 0. The van der Waals surface area contributed by atoms with Crippen molar-refractivity contribution < 1.29 is 8.42 Å². The van der Waals surface area contributed by atoms with Gasteiger partial charge in [0.2, 0.25) is 10.0 Å². The summed E-state index contributed by atoms with van der Waals surface area (Å²) >= 11 is 5.99. The lowest BCUT2D eigenvalue weighted by molar-refractivity contribution is 0.572. The van der Waals surface area contributed by atoms with E-state index in [0.717, 1.165) is 11.1 Å². The Morgan fingerprint density at radius 1 is 0.885 bits per heavy atom. The van der Waals surface area contributed by atoms with Gasteiger partial charge in [-0.2, -0.15) is 9.98 Å². The van der Waals surface area contributed by atoms with Crippen LogP contribution in [-0.2, 0) is 10.0 Å². The molecule has 3 aromatic rings. The fraction of sp³-hybridized carbons (Fsp3) is 0.0500. The number of rotatable bonds is 5. The van der Waals surface area contributed by atoms with E-state index in [1.165, 1.54) is 18.2 Å². The first-order valence-corrected chi connectivity index (χ1v) is 9.69. The van der Waals surface area contributed by atoms with Gasteiger partial charge in [0.05, 0.1) is 21.5 Å². The van der Waals surface area contributed by atoms with Gasteiger partial charge in [-0.1, -0.05) is 72.3 Å². The van der Waals surface area contributed by atoms with Crippen molar-refractivity contribution in [2.75, 3.05) is 0 Å². The maximum atomic E-state index is 12.9. The molecule has 0 atom stereocenters. The van der Waals surface area contributed by atoms with Crippen molar-refractivity contribution in [3.63, 3.8) is 0 Å². The van der Waals surface area contributed by atoms with Crippen LogP contribution in [0.1, 0.15) is 22.7 Å². The van der Waals surface area contributed by atoms with Crippen LogP contribution in [0.5, 0.6) is 0 Å². The van der Waals surface area contributed by atoms with Crippen molar-refractivity contribution in [1.82, 2.24) is 4.72 Å². The summed E-state index contributed by atoms with van der Waals surface area (Å²) in [5.74, 6) is 0. The molecular weight excluding hydrogens is 368 g/mol. The normalized spacial score (nSPS) is 11.3. The molecule has 0 bridgehead atoms. The molecule has 0 heterocycles. The predicted molar refractivity (Wildman–Crippen MR) is 101 cm³/mol. The summed E-state index contributed by atoms with van der Waals surface area (Å²) < 4.78 is 28.5. The van der Waals surface area contributed by atoms with Gasteiger partial charge in [0.1, 0.15) is 6.07 Å². The second kappa shape index (κ2) is 7.71. The van der Waals surface area contributed by atoms with Gasteiger partial charge in [-0.25, -0.2) is 8.42 Å². The number of halogens is 1. The van der Waals surface area contributed by atoms with Crippen LogP contribution in [0.15, 0.2) is 83.8 Å². The van der Waals surface area contributed by atoms with Gasteiger partial charge < -0.3 is 0 Å². The minimum atomic E-state index is -3.85. The predicted octanol–water partition coefficient (Wildman–Crippen LogP) is 4.28. The van der Waals surface area contributed by atoms with Crippen LogP contribution in [0.25, 0.3) is 0 Å². The molecule has 0 fully saturated rings. The molecule has 0 aromatic heterocycles. The third-order valence-electron chi connectivity index (χ3n) is 3.91. The van der Waals surface area contributed by atoms with Crippen LogP contribution < -0.4 is 4.72 Å². The van der Waals surface area contributed by atoms with E-state index in [2.05, 4.69) is 4.72 Å². The second-order valence-electron chi connectivity index (χ2n) is 5.63. The van der Waals surface area contributed by atoms with Gasteiger partial charge in [-0.3, -0.25) is 0 Å². The van der Waals surface area contributed by atoms with E-state index in [-0.39, 0.29) is 15.5 Å². The molecular formula is C20H15ClN2O2S. The number of benzene rings is 3. The number of hydrogen-bond donors (Lipinski definition) is 1. The summed E-state index contributed by atoms with van der Waals surface area (Å²) in [6, 6.07) is 24.1. The molecule has 0 aliphatic heterocycles. The molecule has 0 saturated heterocycles. The Hall–Kier alpha value is -2.65. The lowest BCUT2D eigenvalue weighted by atomic mass is 10.00. The Morgan fingerprint density at radius 3 is 1.88 bits per heavy atom. The van der Waals surface area contributed by atoms with E-state index in [1.54, 1.807) is 0 Å². The van der Waals surface area contributed by atoms with Crippen LogP contribution in [0.2, 0.25) is 5.02 Å². The SMILES string of the molecule is N#Cc1ccc(S(=O)(=O)NC(c2ccccc2)c2ccccc2)cc1Cl. The van der Waals surface area contributed by atoms with Crippen molar-refractivity contribution in [2.45, 2.75) is 10.9 Å². The molecule has 0 radical (unpaired) electrons. The highest BCUT2D eigenvalue weighted by Gasteiger charge is 2.23. The summed E-state index contributed by atoms with van der Waals surface area (Å²) in [5, 5.41) is 9.06. The average molecular weight is 383 g/mol. The zero-order chi connectivity index (χ0) is 18.6. The average Bonchev–Trinajstić information content (AvgIpc) is 2.67. The minimum absolute atomic E-state index is 0.0124. The Labute approximate surface area is 157 Å². The Morgan fingerprint density at radius 2 is 1.42 bits per heavy atom. The van der Waals surface area contributed by atoms with E-state index in [0.29, 0.717) is 0 Å². The van der Waals surface area contributed by atoms with Crippen LogP contribution in [-0.4, -0.2) is 8.42 Å². The largest absolute Gasteiger partial charge is 0.241 e. The summed E-state index contributed by atoms with van der Waals surface area (Å²) in [4.78, 5) is 0.0124. The first kappa shape index (κ1) is 18.2. The standard InChI is InChI=1S/C20H15ClN2O2S/c21-19-13-18(12-11-17(19)14-22)26(24,25)23-20(15-7-3-1-4-8-15)16-9-5-2-6-10-16/h1-13,20,23H. The fourth-order valence-corrected chi connectivity index (χ4v) is 4.12. The molecule has 3 aromatic carbocycles. The van der Waals surface area contributed by atoms with E-state index in [9.17, 15) is 8.42 Å². The zero-order valence-electron chi connectivity index (χ0n) is 13.6. The molecule has 0 unspecified atom stereocenters. The fourth-order valence-electron chi connectivity index (χ4n) is 2.60. The van der Waals surface area contributed by atoms with Gasteiger partial charge >= 0.3 is 0 Å². The molecule has 4 nitrogen and oxygen atoms in total. The highest BCUT2D eigenvalue weighted by Crippen LogP contribution is 2.26. The molecule has 130 valence electrons. The molecule has 0 aliphatic carbocycles. The van der Waals surface area contributed by atoms with Gasteiger partial charge in [0.15, 0.2) is 0 Å². The Balaban J connectivity index is 2.01. The molecule has 0 aliphatic rings. The zero-order valence-corrected chi connectivity index (χ0v) is 15.2. The molecule has 0 saturated carbocycles. The van der Waals surface area contributed by atoms with Crippen LogP contribution >= 0.6 is 11.6 Å². The van der Waals surface area contributed by atoms with E-state index >= 15 is 0 Å². The first-order valence-electron chi connectivity index (χ1n) is 7.83. The highest BCUT2D eigenvalue weighted by atomic mass is 35.5. The number of sulfonamides is 1. The third kappa shape index (κ3) is 3.94. The van der Waals surface area contributed by atoms with E-state index in [4.69, 9.17) is 16.9 Å². The van der Waals surface area contributed by atoms with Gasteiger partial charge in [0.25, 0.3) is 0 Å². The van der Waals surface area contributed by atoms with Crippen molar-refractivity contribution >= 4 is 21.6 Å². The van der Waals surface area contributed by atoms with E-state index < -0.39 is 16.1 Å². The number of nitrogens with zero attached hydrogens (tertiary/aromatic N) is 1. The monoisotopic (exact) mass is 382 g/mol. The van der Waals surface area contributed by atoms with Crippen molar-refractivity contribution in [3.05, 3.63) is 101 Å². The maximum Gasteiger partial charge on any atom is 0.241 e. The molecule has 6 heteroatoms. The topological polar surface area (TPSA) is 70.0 Å². The molecule has 0 spiro atoms. The summed E-state index contributed by atoms with van der Waals surface area (Å²) in [5.41, 5.74) is 1.87. The van der Waals surface area contributed by atoms with Gasteiger partial charge in [0, 0.05) is 0 Å². The van der Waals surface area contributed by atoms with Crippen LogP contribution in [0, 0.1) is 11.3 Å². The van der Waals surface area contributed by atoms with Crippen molar-refractivity contribution in [2.24, 2.45) is 0 Å². The molecule has 0 amide bonds. The molecule has 26 heavy (non-hydrogen) atoms. The van der Waals surface area contributed by atoms with Crippen molar-refractivity contribution in [3.8, 4) is 6.07 Å². The van der Waals surface area contributed by atoms with Crippen molar-refractivity contribution in [1.29, 1.82) is 5.26 Å². The first-order chi connectivity index (χ1) is 12.5. The molecule has 1 N–H and O–H groups in total. The lowest BCUT2D eigenvalue weighted by Gasteiger charge is -2.20. The van der Waals surface area contributed by atoms with Gasteiger partial charge in [-0.15, -0.1) is 0 Å². The third-order valence-corrected chi connectivity index (χ3v) is 5.64. The van der Waals surface area contributed by atoms with E-state index in [1.807, 2.05) is 66.7 Å². The number of hydrogen-bond acceptors (Lipinski definition) is 3. The molecule has 3 rings (SSSR count). The highest BCUT2D eigenvalue weighted by molar-refractivity contribution is 7.89. The van der Waals surface area contributed by atoms with Crippen LogP contribution in [0.4, 0.5) is 0 Å². The maximum absolute atomic E-state index is 12.9. The Kier molecular flexibility index (Phi) is 5.38. The van der Waals surface area contributed by atoms with Crippen LogP contribution in [0.3, 0.4) is 0 Å².